The molecule has 0 spiro atoms. The third-order valence-electron chi connectivity index (χ3n) is 2.64. The first kappa shape index (κ1) is 10.2. The molecule has 3 nitrogen and oxygen atoms in total. The van der Waals surface area contributed by atoms with Gasteiger partial charge >= 0.3 is 0 Å². The predicted molar refractivity (Wildman–Crippen MR) is 67.3 cm³/mol. The molecule has 3 aromatic rings. The highest BCUT2D eigenvalue weighted by Gasteiger charge is 2.09. The van der Waals surface area contributed by atoms with Crippen LogP contribution in [0.25, 0.3) is 16.9 Å². The quantitative estimate of drug-likeness (QED) is 0.713. The molecule has 17 heavy (non-hydrogen) atoms. The molecule has 0 amide bonds. The zero-order chi connectivity index (χ0) is 11.8. The maximum absolute atomic E-state index is 9.82. The number of benzene rings is 1. The minimum atomic E-state index is 0.208. The molecule has 4 heteroatoms. The molecular weight excluding hydrogens is 236 g/mol. The van der Waals surface area contributed by atoms with E-state index in [1.54, 1.807) is 24.5 Å². The van der Waals surface area contributed by atoms with E-state index in [4.69, 9.17) is 11.6 Å². The highest BCUT2D eigenvalue weighted by molar-refractivity contribution is 6.30. The first-order valence-electron chi connectivity index (χ1n) is 5.17. The molecule has 0 aliphatic carbocycles. The summed E-state index contributed by atoms with van der Waals surface area (Å²) < 4.78 is 1.86. The second-order valence-electron chi connectivity index (χ2n) is 3.74. The van der Waals surface area contributed by atoms with Gasteiger partial charge in [0, 0.05) is 6.20 Å². The van der Waals surface area contributed by atoms with E-state index in [0.29, 0.717) is 16.4 Å². The van der Waals surface area contributed by atoms with Crippen LogP contribution >= 0.6 is 11.6 Å². The van der Waals surface area contributed by atoms with Gasteiger partial charge in [0.1, 0.15) is 11.6 Å². The van der Waals surface area contributed by atoms with Crippen molar-refractivity contribution in [2.45, 2.75) is 0 Å². The van der Waals surface area contributed by atoms with E-state index in [9.17, 15) is 5.11 Å². The van der Waals surface area contributed by atoms with Gasteiger partial charge in [-0.1, -0.05) is 23.7 Å². The Morgan fingerprint density at radius 2 is 1.94 bits per heavy atom. The molecule has 0 atom stereocenters. The van der Waals surface area contributed by atoms with Crippen LogP contribution in [0.5, 0.6) is 5.75 Å². The van der Waals surface area contributed by atoms with Gasteiger partial charge in [0.25, 0.3) is 0 Å². The number of para-hydroxylation sites is 1. The van der Waals surface area contributed by atoms with Gasteiger partial charge in [0.2, 0.25) is 0 Å². The molecule has 0 aliphatic heterocycles. The minimum Gasteiger partial charge on any atom is -0.507 e. The van der Waals surface area contributed by atoms with E-state index in [0.717, 1.165) is 5.52 Å². The van der Waals surface area contributed by atoms with Crippen LogP contribution in [0.15, 0.2) is 48.8 Å². The van der Waals surface area contributed by atoms with Gasteiger partial charge in [-0.2, -0.15) is 0 Å². The Morgan fingerprint density at radius 3 is 2.76 bits per heavy atom. The third kappa shape index (κ3) is 1.65. The lowest BCUT2D eigenvalue weighted by Crippen LogP contribution is -1.89. The van der Waals surface area contributed by atoms with Crippen molar-refractivity contribution < 1.29 is 5.11 Å². The lowest BCUT2D eigenvalue weighted by Gasteiger charge is -2.03. The molecule has 0 fully saturated rings. The van der Waals surface area contributed by atoms with Crippen LogP contribution < -0.4 is 0 Å². The molecule has 2 heterocycles. The second kappa shape index (κ2) is 3.79. The van der Waals surface area contributed by atoms with E-state index in [-0.39, 0.29) is 5.75 Å². The predicted octanol–water partition coefficient (Wildman–Crippen LogP) is 3.36. The van der Waals surface area contributed by atoms with Crippen molar-refractivity contribution in [3.05, 3.63) is 53.8 Å². The number of aromatic nitrogens is 2. The van der Waals surface area contributed by atoms with Gasteiger partial charge in [0.05, 0.1) is 22.3 Å². The first-order valence-corrected chi connectivity index (χ1v) is 5.54. The summed E-state index contributed by atoms with van der Waals surface area (Å²) >= 11 is 5.96. The molecule has 0 unspecified atom stereocenters. The van der Waals surface area contributed by atoms with Crippen molar-refractivity contribution >= 4 is 17.1 Å². The van der Waals surface area contributed by atoms with E-state index < -0.39 is 0 Å². The molecule has 0 aliphatic rings. The second-order valence-corrected chi connectivity index (χ2v) is 4.18. The summed E-state index contributed by atoms with van der Waals surface area (Å²) in [5.41, 5.74) is 1.63. The Bertz CT molecular complexity index is 691. The summed E-state index contributed by atoms with van der Waals surface area (Å²) in [5, 5.41) is 10.5. The lowest BCUT2D eigenvalue weighted by atomic mass is 10.2. The standard InChI is InChI=1S/C13H9ClN2O/c14-9-5-6-10-7-15-13(16(10)8-9)11-3-1-2-4-12(11)17/h1-8,17H. The normalized spacial score (nSPS) is 10.9. The SMILES string of the molecule is Oc1ccccc1-c1ncc2ccc(Cl)cn12. The number of hydrogen-bond donors (Lipinski definition) is 1. The zero-order valence-corrected chi connectivity index (χ0v) is 9.59. The number of phenols is 1. The molecule has 1 aromatic carbocycles. The molecule has 0 saturated heterocycles. The van der Waals surface area contributed by atoms with Gasteiger partial charge < -0.3 is 5.11 Å². The molecule has 1 N–H and O–H groups in total. The number of nitrogens with zero attached hydrogens (tertiary/aromatic N) is 2. The Labute approximate surface area is 103 Å². The van der Waals surface area contributed by atoms with Gasteiger partial charge in [-0.25, -0.2) is 4.98 Å². The summed E-state index contributed by atoms with van der Waals surface area (Å²) in [5.74, 6) is 0.889. The summed E-state index contributed by atoms with van der Waals surface area (Å²) in [6.45, 7) is 0. The van der Waals surface area contributed by atoms with Crippen LogP contribution in [0.3, 0.4) is 0 Å². The van der Waals surface area contributed by atoms with E-state index in [1.165, 1.54) is 0 Å². The van der Waals surface area contributed by atoms with Crippen molar-refractivity contribution in [1.82, 2.24) is 9.38 Å². The Kier molecular flexibility index (Phi) is 2.27. The van der Waals surface area contributed by atoms with Crippen molar-refractivity contribution in [3.63, 3.8) is 0 Å². The number of fused-ring (bicyclic) bond motifs is 1. The van der Waals surface area contributed by atoms with Crippen LogP contribution in [0, 0.1) is 0 Å². The van der Waals surface area contributed by atoms with Gasteiger partial charge in [0.15, 0.2) is 0 Å². The molecule has 0 saturated carbocycles. The Hall–Kier alpha value is -2.00. The monoisotopic (exact) mass is 244 g/mol. The third-order valence-corrected chi connectivity index (χ3v) is 2.86. The fourth-order valence-electron chi connectivity index (χ4n) is 1.83. The summed E-state index contributed by atoms with van der Waals surface area (Å²) in [7, 11) is 0. The van der Waals surface area contributed by atoms with E-state index >= 15 is 0 Å². The first-order chi connectivity index (χ1) is 8.25. The Balaban J connectivity index is 2.31. The average Bonchev–Trinajstić information content (AvgIpc) is 2.72. The van der Waals surface area contributed by atoms with Crippen molar-refractivity contribution in [1.29, 1.82) is 0 Å². The van der Waals surface area contributed by atoms with Crippen LogP contribution in [-0.4, -0.2) is 14.5 Å². The van der Waals surface area contributed by atoms with Crippen LogP contribution in [0.4, 0.5) is 0 Å². The lowest BCUT2D eigenvalue weighted by molar-refractivity contribution is 0.477. The molecule has 0 radical (unpaired) electrons. The number of halogens is 1. The van der Waals surface area contributed by atoms with Crippen LogP contribution in [0.2, 0.25) is 5.02 Å². The molecular formula is C13H9ClN2O. The fraction of sp³-hybridized carbons (Fsp3) is 0. The highest BCUT2D eigenvalue weighted by Crippen LogP contribution is 2.28. The van der Waals surface area contributed by atoms with Gasteiger partial charge in [-0.15, -0.1) is 0 Å². The number of pyridine rings is 1. The fourth-order valence-corrected chi connectivity index (χ4v) is 1.99. The number of rotatable bonds is 1. The highest BCUT2D eigenvalue weighted by atomic mass is 35.5. The number of phenolic OH excluding ortho intramolecular Hbond substituents is 1. The summed E-state index contributed by atoms with van der Waals surface area (Å²) in [6.07, 6.45) is 3.53. The number of aromatic hydroxyl groups is 1. The molecule has 3 rings (SSSR count). The summed E-state index contributed by atoms with van der Waals surface area (Å²) in [6, 6.07) is 10.8. The zero-order valence-electron chi connectivity index (χ0n) is 8.84. The summed E-state index contributed by atoms with van der Waals surface area (Å²) in [4.78, 5) is 4.31. The number of hydrogen-bond acceptors (Lipinski definition) is 2. The minimum absolute atomic E-state index is 0.208. The van der Waals surface area contributed by atoms with Gasteiger partial charge in [-0.3, -0.25) is 4.40 Å². The van der Waals surface area contributed by atoms with Gasteiger partial charge in [-0.05, 0) is 24.3 Å². The smallest absolute Gasteiger partial charge is 0.148 e. The Morgan fingerprint density at radius 1 is 1.12 bits per heavy atom. The van der Waals surface area contributed by atoms with Crippen molar-refractivity contribution in [3.8, 4) is 17.1 Å². The van der Waals surface area contributed by atoms with Crippen LogP contribution in [-0.2, 0) is 0 Å². The van der Waals surface area contributed by atoms with Crippen molar-refractivity contribution in [2.75, 3.05) is 0 Å². The molecule has 2 aromatic heterocycles. The molecule has 84 valence electrons. The average molecular weight is 245 g/mol. The maximum atomic E-state index is 9.82. The topological polar surface area (TPSA) is 37.5 Å². The number of imidazole rings is 1. The van der Waals surface area contributed by atoms with Crippen LogP contribution in [0.1, 0.15) is 0 Å². The van der Waals surface area contributed by atoms with E-state index in [1.807, 2.05) is 28.7 Å². The maximum Gasteiger partial charge on any atom is 0.148 e. The molecule has 0 bridgehead atoms. The van der Waals surface area contributed by atoms with Crippen molar-refractivity contribution in [2.24, 2.45) is 0 Å². The largest absolute Gasteiger partial charge is 0.507 e. The van der Waals surface area contributed by atoms with E-state index in [2.05, 4.69) is 4.98 Å².